The Balaban J connectivity index is 0.00000180. The molecule has 1 saturated carbocycles. The van der Waals surface area contributed by atoms with E-state index in [0.29, 0.717) is 5.41 Å². The van der Waals surface area contributed by atoms with Crippen LogP contribution in [0, 0.1) is 5.41 Å². The average Bonchev–Trinajstić information content (AvgIpc) is 3.03. The number of thiazole rings is 1. The van der Waals surface area contributed by atoms with Gasteiger partial charge in [0.15, 0.2) is 0 Å². The highest BCUT2D eigenvalue weighted by atomic mass is 35.5. The molecule has 0 bridgehead atoms. The first-order chi connectivity index (χ1) is 12.7. The minimum absolute atomic E-state index is 0. The summed E-state index contributed by atoms with van der Waals surface area (Å²) >= 11 is 1.78. The van der Waals surface area contributed by atoms with Crippen molar-refractivity contribution in [3.63, 3.8) is 0 Å². The van der Waals surface area contributed by atoms with Crippen LogP contribution in [0.15, 0.2) is 29.8 Å². The molecule has 1 aromatic heterocycles. The second kappa shape index (κ2) is 7.70. The Morgan fingerprint density at radius 1 is 1.33 bits per heavy atom. The summed E-state index contributed by atoms with van der Waals surface area (Å²) in [6.45, 7) is 5.70. The molecule has 2 fully saturated rings. The number of halogens is 1. The van der Waals surface area contributed by atoms with E-state index in [1.807, 2.05) is 6.20 Å². The van der Waals surface area contributed by atoms with Crippen LogP contribution < -0.4 is 5.32 Å². The van der Waals surface area contributed by atoms with Gasteiger partial charge in [-0.15, -0.1) is 23.7 Å². The van der Waals surface area contributed by atoms with Crippen LogP contribution in [0.4, 0.5) is 5.69 Å². The van der Waals surface area contributed by atoms with Gasteiger partial charge in [-0.25, -0.2) is 4.98 Å². The van der Waals surface area contributed by atoms with Crippen molar-refractivity contribution in [1.29, 1.82) is 0 Å². The molecule has 1 atom stereocenters. The molecular formula is C21H29ClN4S. The number of likely N-dealkylation sites (tertiary alicyclic amines) is 1. The molecule has 146 valence electrons. The normalized spacial score (nSPS) is 23.1. The van der Waals surface area contributed by atoms with Gasteiger partial charge in [0.1, 0.15) is 5.01 Å². The van der Waals surface area contributed by atoms with E-state index in [0.717, 1.165) is 25.7 Å². The van der Waals surface area contributed by atoms with Gasteiger partial charge in [0.05, 0.1) is 6.54 Å². The van der Waals surface area contributed by atoms with Gasteiger partial charge in [-0.3, -0.25) is 9.80 Å². The number of hydrogen-bond acceptors (Lipinski definition) is 5. The second-order valence-electron chi connectivity index (χ2n) is 8.33. The lowest BCUT2D eigenvalue weighted by atomic mass is 9.92. The van der Waals surface area contributed by atoms with Crippen LogP contribution in [0.3, 0.4) is 0 Å². The van der Waals surface area contributed by atoms with Gasteiger partial charge in [-0.2, -0.15) is 0 Å². The standard InChI is InChI=1S/C21H28N4S.ClH/c1-24(15-19-22-9-12-26-19)18-13-21(18)6-10-25(11-7-21)14-17-4-2-3-16-5-8-23-20(16)17;/h2-4,9,12,18,23H,5-8,10-11,13-15H2,1H3;1H. The van der Waals surface area contributed by atoms with E-state index in [9.17, 15) is 0 Å². The van der Waals surface area contributed by atoms with Crippen LogP contribution in [0.5, 0.6) is 0 Å². The molecule has 1 spiro atoms. The number of aromatic nitrogens is 1. The van der Waals surface area contributed by atoms with Gasteiger partial charge in [-0.05, 0) is 62.4 Å². The summed E-state index contributed by atoms with van der Waals surface area (Å²) in [4.78, 5) is 9.66. The molecule has 2 aromatic rings. The number of nitrogens with zero attached hydrogens (tertiary/aromatic N) is 3. The maximum Gasteiger partial charge on any atom is 0.107 e. The summed E-state index contributed by atoms with van der Waals surface area (Å²) in [5.74, 6) is 0. The minimum atomic E-state index is 0. The van der Waals surface area contributed by atoms with Crippen molar-refractivity contribution in [2.24, 2.45) is 5.41 Å². The Morgan fingerprint density at radius 3 is 2.96 bits per heavy atom. The number of nitrogens with one attached hydrogen (secondary N) is 1. The zero-order chi connectivity index (χ0) is 17.6. The van der Waals surface area contributed by atoms with Crippen molar-refractivity contribution in [2.45, 2.75) is 44.8 Å². The Bertz CT molecular complexity index is 770. The van der Waals surface area contributed by atoms with Crippen molar-refractivity contribution >= 4 is 29.4 Å². The van der Waals surface area contributed by atoms with Crippen molar-refractivity contribution in [1.82, 2.24) is 14.8 Å². The number of fused-ring (bicyclic) bond motifs is 1. The van der Waals surface area contributed by atoms with E-state index in [2.05, 4.69) is 50.7 Å². The number of rotatable bonds is 5. The molecule has 1 aliphatic carbocycles. The van der Waals surface area contributed by atoms with Gasteiger partial charge < -0.3 is 5.32 Å². The number of benzene rings is 1. The third-order valence-corrected chi connectivity index (χ3v) is 7.49. The average molecular weight is 405 g/mol. The quantitative estimate of drug-likeness (QED) is 0.815. The Labute approximate surface area is 172 Å². The molecule has 0 amide bonds. The second-order valence-corrected chi connectivity index (χ2v) is 9.31. The maximum atomic E-state index is 4.45. The highest BCUT2D eigenvalue weighted by Crippen LogP contribution is 2.56. The first kappa shape index (κ1) is 19.2. The van der Waals surface area contributed by atoms with E-state index in [4.69, 9.17) is 0 Å². The molecule has 3 heterocycles. The van der Waals surface area contributed by atoms with E-state index < -0.39 is 0 Å². The molecule has 1 unspecified atom stereocenters. The summed E-state index contributed by atoms with van der Waals surface area (Å²) in [6, 6.07) is 7.58. The number of hydrogen-bond donors (Lipinski definition) is 1. The van der Waals surface area contributed by atoms with Crippen molar-refractivity contribution < 1.29 is 0 Å². The smallest absolute Gasteiger partial charge is 0.107 e. The van der Waals surface area contributed by atoms with Crippen LogP contribution >= 0.6 is 23.7 Å². The summed E-state index contributed by atoms with van der Waals surface area (Å²) in [5.41, 5.74) is 4.99. The number of piperidine rings is 1. The third kappa shape index (κ3) is 3.75. The monoisotopic (exact) mass is 404 g/mol. The molecule has 5 rings (SSSR count). The lowest BCUT2D eigenvalue weighted by molar-refractivity contribution is 0.140. The largest absolute Gasteiger partial charge is 0.384 e. The zero-order valence-corrected chi connectivity index (χ0v) is 17.6. The molecule has 6 heteroatoms. The van der Waals surface area contributed by atoms with Crippen molar-refractivity contribution in [2.75, 3.05) is 32.0 Å². The molecule has 1 aromatic carbocycles. The number of anilines is 1. The Kier molecular flexibility index (Phi) is 5.48. The van der Waals surface area contributed by atoms with Crippen LogP contribution in [-0.4, -0.2) is 47.5 Å². The van der Waals surface area contributed by atoms with E-state index in [1.165, 1.54) is 60.6 Å². The van der Waals surface area contributed by atoms with Crippen LogP contribution in [0.25, 0.3) is 0 Å². The van der Waals surface area contributed by atoms with E-state index in [-0.39, 0.29) is 12.4 Å². The minimum Gasteiger partial charge on any atom is -0.384 e. The van der Waals surface area contributed by atoms with Crippen LogP contribution in [0.2, 0.25) is 0 Å². The predicted octanol–water partition coefficient (Wildman–Crippen LogP) is 4.02. The molecule has 2 aliphatic heterocycles. The topological polar surface area (TPSA) is 31.4 Å². The summed E-state index contributed by atoms with van der Waals surface area (Å²) in [5, 5.41) is 6.92. The molecule has 0 radical (unpaired) electrons. The van der Waals surface area contributed by atoms with Crippen molar-refractivity contribution in [3.05, 3.63) is 45.9 Å². The third-order valence-electron chi connectivity index (χ3n) is 6.73. The van der Waals surface area contributed by atoms with Crippen molar-refractivity contribution in [3.8, 4) is 0 Å². The predicted molar refractivity (Wildman–Crippen MR) is 115 cm³/mol. The number of para-hydroxylation sites is 1. The summed E-state index contributed by atoms with van der Waals surface area (Å²) in [6.07, 6.45) is 7.18. The van der Waals surface area contributed by atoms with Gasteiger partial charge in [0.25, 0.3) is 0 Å². The van der Waals surface area contributed by atoms with E-state index in [1.54, 1.807) is 11.3 Å². The first-order valence-electron chi connectivity index (χ1n) is 9.89. The van der Waals surface area contributed by atoms with E-state index >= 15 is 0 Å². The van der Waals surface area contributed by atoms with Crippen LogP contribution in [-0.2, 0) is 19.5 Å². The lowest BCUT2D eigenvalue weighted by Crippen LogP contribution is -2.37. The molecule has 3 aliphatic rings. The highest BCUT2D eigenvalue weighted by Gasteiger charge is 2.56. The maximum absolute atomic E-state index is 4.45. The summed E-state index contributed by atoms with van der Waals surface area (Å²) < 4.78 is 0. The zero-order valence-electron chi connectivity index (χ0n) is 16.0. The summed E-state index contributed by atoms with van der Waals surface area (Å²) in [7, 11) is 2.28. The highest BCUT2D eigenvalue weighted by molar-refractivity contribution is 7.09. The van der Waals surface area contributed by atoms with Gasteiger partial charge in [0, 0.05) is 36.4 Å². The van der Waals surface area contributed by atoms with Gasteiger partial charge >= 0.3 is 0 Å². The molecule has 1 N–H and O–H groups in total. The molecular weight excluding hydrogens is 376 g/mol. The SMILES string of the molecule is CN(Cc1nccs1)C1CC12CCN(Cc1cccc3c1NCC3)CC2.Cl. The Morgan fingerprint density at radius 2 is 2.19 bits per heavy atom. The molecule has 1 saturated heterocycles. The van der Waals surface area contributed by atoms with Gasteiger partial charge in [-0.1, -0.05) is 18.2 Å². The first-order valence-corrected chi connectivity index (χ1v) is 10.8. The molecule has 27 heavy (non-hydrogen) atoms. The van der Waals surface area contributed by atoms with Crippen LogP contribution in [0.1, 0.15) is 35.4 Å². The fraction of sp³-hybridized carbons (Fsp3) is 0.571. The van der Waals surface area contributed by atoms with Gasteiger partial charge in [0.2, 0.25) is 0 Å². The Hall–Kier alpha value is -1.14. The lowest BCUT2D eigenvalue weighted by Gasteiger charge is -2.34. The fourth-order valence-electron chi connectivity index (χ4n) is 5.08. The molecule has 4 nitrogen and oxygen atoms in total. The fourth-order valence-corrected chi connectivity index (χ4v) is 5.76.